The lowest BCUT2D eigenvalue weighted by molar-refractivity contribution is -0.274. The maximum Gasteiger partial charge on any atom is 0.573 e. The molecule has 0 aromatic heterocycles. The van der Waals surface area contributed by atoms with E-state index in [0.717, 1.165) is 23.4 Å². The fourth-order valence-corrected chi connectivity index (χ4v) is 9.72. The number of ether oxygens (including phenoxy) is 1. The predicted octanol–water partition coefficient (Wildman–Crippen LogP) is 7.78. The summed E-state index contributed by atoms with van der Waals surface area (Å²) in [4.78, 5) is 0. The van der Waals surface area contributed by atoms with Crippen LogP contribution in [0.15, 0.2) is 24.3 Å². The molecule has 2 fully saturated rings. The number of halogens is 4. The fourth-order valence-electron chi connectivity index (χ4n) is 5.50. The molecule has 0 N–H and O–H groups in total. The lowest BCUT2D eigenvalue weighted by atomic mass is 9.85. The monoisotopic (exact) mass is 430 g/mol. The van der Waals surface area contributed by atoms with Gasteiger partial charge in [-0.3, -0.25) is 0 Å². The predicted molar refractivity (Wildman–Crippen MR) is 112 cm³/mol. The molecular weight excluding hydrogens is 396 g/mol. The largest absolute Gasteiger partial charge is 0.573 e. The van der Waals surface area contributed by atoms with Gasteiger partial charge in [0.25, 0.3) is 0 Å². The van der Waals surface area contributed by atoms with E-state index >= 15 is 0 Å². The van der Waals surface area contributed by atoms with Crippen LogP contribution in [0.1, 0.15) is 76.2 Å². The molecule has 1 heterocycles. The van der Waals surface area contributed by atoms with Crippen LogP contribution in [0.5, 0.6) is 5.75 Å². The third-order valence-electron chi connectivity index (χ3n) is 7.13. The molecule has 1 atom stereocenters. The summed E-state index contributed by atoms with van der Waals surface area (Å²) in [6.45, 7) is 1.66. The number of alkyl halides is 4. The van der Waals surface area contributed by atoms with E-state index < -0.39 is 21.3 Å². The van der Waals surface area contributed by atoms with Gasteiger partial charge in [-0.05, 0) is 61.3 Å². The first-order valence-corrected chi connectivity index (χ1v) is 13.6. The molecule has 1 saturated carbocycles. The zero-order chi connectivity index (χ0) is 20.9. The molecule has 0 bridgehead atoms. The maximum absolute atomic E-state index is 13.0. The van der Waals surface area contributed by atoms with Crippen molar-refractivity contribution < 1.29 is 22.3 Å². The quantitative estimate of drug-likeness (QED) is 0.317. The highest BCUT2D eigenvalue weighted by Gasteiger charge is 2.33. The number of benzene rings is 1. The first-order valence-electron chi connectivity index (χ1n) is 11.3. The van der Waals surface area contributed by atoms with Gasteiger partial charge in [-0.1, -0.05) is 62.7 Å². The molecule has 1 nitrogen and oxygen atoms in total. The Morgan fingerprint density at radius 3 is 2.17 bits per heavy atom. The molecule has 29 heavy (non-hydrogen) atoms. The highest BCUT2D eigenvalue weighted by Crippen LogP contribution is 2.44. The van der Waals surface area contributed by atoms with Crippen molar-refractivity contribution in [2.24, 2.45) is 5.92 Å². The third kappa shape index (κ3) is 7.30. The minimum Gasteiger partial charge on any atom is -0.406 e. The van der Waals surface area contributed by atoms with Crippen LogP contribution in [-0.2, 0) is 0 Å². The number of rotatable bonds is 7. The lowest BCUT2D eigenvalue weighted by Crippen LogP contribution is -2.29. The van der Waals surface area contributed by atoms with Crippen molar-refractivity contribution in [3.63, 3.8) is 0 Å². The van der Waals surface area contributed by atoms with Crippen molar-refractivity contribution in [1.82, 2.24) is 0 Å². The Kier molecular flexibility index (Phi) is 8.05. The van der Waals surface area contributed by atoms with Crippen LogP contribution >= 0.6 is 0 Å². The molecule has 0 amide bonds. The van der Waals surface area contributed by atoms with E-state index in [9.17, 15) is 17.6 Å². The van der Waals surface area contributed by atoms with E-state index in [1.54, 1.807) is 19.1 Å². The van der Waals surface area contributed by atoms with Crippen molar-refractivity contribution in [2.45, 2.75) is 101 Å². The second-order valence-electron chi connectivity index (χ2n) is 9.22. The van der Waals surface area contributed by atoms with Gasteiger partial charge in [0, 0.05) is 8.80 Å². The minimum atomic E-state index is -4.63. The molecule has 1 saturated heterocycles. The Balaban J connectivity index is 1.39. The molecule has 2 aliphatic rings. The van der Waals surface area contributed by atoms with Crippen LogP contribution < -0.4 is 4.74 Å². The van der Waals surface area contributed by atoms with Crippen LogP contribution in [0.2, 0.25) is 17.6 Å². The Bertz CT molecular complexity index is 600. The summed E-state index contributed by atoms with van der Waals surface area (Å²) in [5.74, 6) is 1.16. The zero-order valence-corrected chi connectivity index (χ0v) is 18.5. The highest BCUT2D eigenvalue weighted by molar-refractivity contribution is 6.60. The van der Waals surface area contributed by atoms with Crippen molar-refractivity contribution >= 4 is 8.80 Å². The fraction of sp³-hybridized carbons (Fsp3) is 0.739. The van der Waals surface area contributed by atoms with Crippen LogP contribution in [0.4, 0.5) is 17.6 Å². The average Bonchev–Trinajstić information content (AvgIpc) is 2.68. The summed E-state index contributed by atoms with van der Waals surface area (Å²) in [7, 11) is -0.712. The Hall–Kier alpha value is -1.04. The molecule has 1 aromatic rings. The SMILES string of the molecule is CC(F)CCC[C@H]1CC[C@H]([Si@H]2CC[C@H](c3ccc(OC(F)(F)F)cc3)CC2)CC1. The summed E-state index contributed by atoms with van der Waals surface area (Å²) < 4.78 is 53.8. The van der Waals surface area contributed by atoms with Crippen LogP contribution in [0, 0.1) is 5.92 Å². The van der Waals surface area contributed by atoms with E-state index in [1.165, 1.54) is 69.2 Å². The summed E-state index contributed by atoms with van der Waals surface area (Å²) in [5.41, 5.74) is 2.12. The second-order valence-corrected chi connectivity index (χ2v) is 12.8. The van der Waals surface area contributed by atoms with Gasteiger partial charge in [-0.15, -0.1) is 13.2 Å². The molecule has 3 rings (SSSR count). The van der Waals surface area contributed by atoms with Gasteiger partial charge in [0.1, 0.15) is 5.75 Å². The van der Waals surface area contributed by atoms with Crippen LogP contribution in [0.25, 0.3) is 0 Å². The van der Waals surface area contributed by atoms with Crippen molar-refractivity contribution in [3.8, 4) is 5.75 Å². The van der Waals surface area contributed by atoms with Crippen molar-refractivity contribution in [1.29, 1.82) is 0 Å². The Morgan fingerprint density at radius 2 is 1.62 bits per heavy atom. The van der Waals surface area contributed by atoms with E-state index in [0.29, 0.717) is 12.3 Å². The first kappa shape index (κ1) is 22.6. The zero-order valence-electron chi connectivity index (χ0n) is 17.4. The Morgan fingerprint density at radius 1 is 1.00 bits per heavy atom. The van der Waals surface area contributed by atoms with E-state index in [4.69, 9.17) is 0 Å². The van der Waals surface area contributed by atoms with Crippen molar-refractivity contribution in [2.75, 3.05) is 0 Å². The van der Waals surface area contributed by atoms with E-state index in [1.807, 2.05) is 0 Å². The standard InChI is InChI=1S/C23H34F4OSi/c1-17(24)3-2-4-18-5-11-22(12-6-18)29-15-13-20(14-16-29)19-7-9-21(10-8-19)28-23(25,26)27/h7-10,17-18,20,22,29H,2-6,11-16H2,1H3/t17?,18-,20-,22-,29-. The van der Waals surface area contributed by atoms with Gasteiger partial charge in [0.2, 0.25) is 0 Å². The third-order valence-corrected chi connectivity index (χ3v) is 11.3. The molecule has 1 aliphatic carbocycles. The molecule has 0 radical (unpaired) electrons. The normalized spacial score (nSPS) is 29.4. The second kappa shape index (κ2) is 10.3. The molecule has 1 aromatic carbocycles. The van der Waals surface area contributed by atoms with Gasteiger partial charge in [0.15, 0.2) is 0 Å². The van der Waals surface area contributed by atoms with E-state index in [-0.39, 0.29) is 5.75 Å². The van der Waals surface area contributed by atoms with Crippen LogP contribution in [-0.4, -0.2) is 21.3 Å². The van der Waals surface area contributed by atoms with E-state index in [2.05, 4.69) is 4.74 Å². The van der Waals surface area contributed by atoms with Gasteiger partial charge >= 0.3 is 6.36 Å². The molecule has 164 valence electrons. The van der Waals surface area contributed by atoms with Crippen molar-refractivity contribution in [3.05, 3.63) is 29.8 Å². The first-order chi connectivity index (χ1) is 13.8. The number of hydrogen-bond donors (Lipinski definition) is 0. The number of hydrogen-bond acceptors (Lipinski definition) is 1. The van der Waals surface area contributed by atoms with Gasteiger partial charge in [-0.2, -0.15) is 0 Å². The van der Waals surface area contributed by atoms with Crippen LogP contribution in [0.3, 0.4) is 0 Å². The molecule has 6 heteroatoms. The van der Waals surface area contributed by atoms with Gasteiger partial charge < -0.3 is 4.74 Å². The topological polar surface area (TPSA) is 9.23 Å². The smallest absolute Gasteiger partial charge is 0.406 e. The summed E-state index contributed by atoms with van der Waals surface area (Å²) >= 11 is 0. The molecular formula is C23H34F4OSi. The lowest BCUT2D eigenvalue weighted by Gasteiger charge is -2.37. The molecule has 1 unspecified atom stereocenters. The Labute approximate surface area is 173 Å². The summed E-state index contributed by atoms with van der Waals surface area (Å²) in [6, 6.07) is 9.21. The summed E-state index contributed by atoms with van der Waals surface area (Å²) in [6.07, 6.45) is 5.43. The highest BCUT2D eigenvalue weighted by atomic mass is 28.3. The van der Waals surface area contributed by atoms with Gasteiger partial charge in [0.05, 0.1) is 6.17 Å². The van der Waals surface area contributed by atoms with Gasteiger partial charge in [-0.25, -0.2) is 4.39 Å². The average molecular weight is 431 g/mol. The maximum atomic E-state index is 13.0. The molecule has 1 aliphatic heterocycles. The molecule has 0 spiro atoms. The summed E-state index contributed by atoms with van der Waals surface area (Å²) in [5, 5.41) is 0. The minimum absolute atomic E-state index is 0.137.